The Labute approximate surface area is 161 Å². The Morgan fingerprint density at radius 2 is 1.14 bits per heavy atom. The molecule has 2 N–H and O–H groups in total. The van der Waals surface area contributed by atoms with E-state index in [2.05, 4.69) is 13.2 Å². The lowest BCUT2D eigenvalue weighted by molar-refractivity contribution is 0.0997. The molecule has 148 valence electrons. The molecule has 0 aliphatic carbocycles. The van der Waals surface area contributed by atoms with E-state index in [0.29, 0.717) is 0 Å². The minimum Gasteiger partial charge on any atom is -0.289 e. The minimum atomic E-state index is -5.38. The highest BCUT2D eigenvalue weighted by atomic mass is 32.2. The summed E-state index contributed by atoms with van der Waals surface area (Å²) in [6.07, 6.45) is 0. The van der Waals surface area contributed by atoms with Crippen LogP contribution < -0.4 is 0 Å². The lowest BCUT2D eigenvalue weighted by atomic mass is 9.89. The van der Waals surface area contributed by atoms with Gasteiger partial charge in [0, 0.05) is 10.9 Å². The first-order valence-corrected chi connectivity index (χ1v) is 10.5. The van der Waals surface area contributed by atoms with Gasteiger partial charge in [0.1, 0.15) is 9.79 Å². The van der Waals surface area contributed by atoms with Gasteiger partial charge in [-0.2, -0.15) is 16.8 Å². The Bertz CT molecular complexity index is 1280. The third-order valence-electron chi connectivity index (χ3n) is 3.87. The zero-order valence-corrected chi connectivity index (χ0v) is 16.5. The number of carbonyl (C=O) groups excluding carboxylic acids is 2. The zero-order chi connectivity index (χ0) is 21.6. The van der Waals surface area contributed by atoms with Crippen molar-refractivity contribution in [1.82, 2.24) is 0 Å². The van der Waals surface area contributed by atoms with Crippen LogP contribution in [0.3, 0.4) is 0 Å². The maximum absolute atomic E-state index is 12.8. The van der Waals surface area contributed by atoms with Crippen molar-refractivity contribution in [3.8, 4) is 0 Å². The van der Waals surface area contributed by atoms with Gasteiger partial charge < -0.3 is 0 Å². The summed E-state index contributed by atoms with van der Waals surface area (Å²) in [6.45, 7) is 9.42. The number of rotatable bonds is 6. The fourth-order valence-corrected chi connectivity index (χ4v) is 4.99. The van der Waals surface area contributed by atoms with Crippen LogP contribution in [-0.4, -0.2) is 37.5 Å². The van der Waals surface area contributed by atoms with E-state index in [4.69, 9.17) is 0 Å². The summed E-state index contributed by atoms with van der Waals surface area (Å²) in [5.41, 5.74) is -1.65. The van der Waals surface area contributed by atoms with Crippen molar-refractivity contribution in [1.29, 1.82) is 0 Å². The van der Waals surface area contributed by atoms with Gasteiger partial charge in [-0.1, -0.05) is 37.4 Å². The highest BCUT2D eigenvalue weighted by Gasteiger charge is 2.37. The molecule has 2 aromatic carbocycles. The molecule has 0 amide bonds. The molecule has 0 aliphatic rings. The van der Waals surface area contributed by atoms with E-state index >= 15 is 0 Å². The summed E-state index contributed by atoms with van der Waals surface area (Å²) in [5.74, 6) is -1.93. The molecule has 0 radical (unpaired) electrons. The SMILES string of the molecule is C=C(C)C(=O)c1c(S(=O)(=O)O)c(S(=O)(=O)O)c2ccccc2c1C(=O)C(=C)C. The third-order valence-corrected chi connectivity index (χ3v) is 5.86. The Hall–Kier alpha value is -2.66. The molecule has 0 aliphatic heterocycles. The molecule has 2 rings (SSSR count). The van der Waals surface area contributed by atoms with Crippen molar-refractivity contribution in [2.45, 2.75) is 23.6 Å². The van der Waals surface area contributed by atoms with Crippen molar-refractivity contribution in [2.75, 3.05) is 0 Å². The molecule has 0 saturated heterocycles. The van der Waals surface area contributed by atoms with Crippen molar-refractivity contribution < 1.29 is 35.5 Å². The van der Waals surface area contributed by atoms with Crippen LogP contribution in [0.25, 0.3) is 10.8 Å². The summed E-state index contributed by atoms with van der Waals surface area (Å²) in [7, 11) is -10.6. The van der Waals surface area contributed by atoms with Crippen LogP contribution in [0.15, 0.2) is 58.4 Å². The van der Waals surface area contributed by atoms with E-state index in [1.165, 1.54) is 32.0 Å². The number of hydrogen-bond acceptors (Lipinski definition) is 6. The van der Waals surface area contributed by atoms with Gasteiger partial charge in [-0.3, -0.25) is 18.7 Å². The number of Topliss-reactive ketones (excluding diaryl/α,β-unsaturated/α-hetero) is 2. The lowest BCUT2D eigenvalue weighted by Crippen LogP contribution is -2.20. The van der Waals surface area contributed by atoms with Crippen LogP contribution >= 0.6 is 0 Å². The normalized spacial score (nSPS) is 12.0. The Balaban J connectivity index is 3.45. The predicted molar refractivity (Wildman–Crippen MR) is 102 cm³/mol. The topological polar surface area (TPSA) is 143 Å². The van der Waals surface area contributed by atoms with Crippen LogP contribution in [0.1, 0.15) is 34.6 Å². The quantitative estimate of drug-likeness (QED) is 0.409. The van der Waals surface area contributed by atoms with Gasteiger partial charge in [0.25, 0.3) is 20.2 Å². The summed E-state index contributed by atoms with van der Waals surface area (Å²) >= 11 is 0. The molecule has 28 heavy (non-hydrogen) atoms. The van der Waals surface area contributed by atoms with Crippen LogP contribution in [0.4, 0.5) is 0 Å². The molecule has 0 saturated carbocycles. The van der Waals surface area contributed by atoms with Crippen LogP contribution in [-0.2, 0) is 20.2 Å². The number of benzene rings is 2. The molecule has 10 heteroatoms. The number of hydrogen-bond donors (Lipinski definition) is 2. The molecule has 2 aromatic rings. The number of ketones is 2. The van der Waals surface area contributed by atoms with E-state index < -0.39 is 52.7 Å². The first kappa shape index (κ1) is 21.6. The van der Waals surface area contributed by atoms with E-state index in [0.717, 1.165) is 6.07 Å². The van der Waals surface area contributed by atoms with Crippen molar-refractivity contribution >= 4 is 42.6 Å². The molecule has 0 aromatic heterocycles. The van der Waals surface area contributed by atoms with E-state index in [1.54, 1.807) is 0 Å². The number of carbonyl (C=O) groups is 2. The van der Waals surface area contributed by atoms with Gasteiger partial charge in [-0.25, -0.2) is 0 Å². The first-order chi connectivity index (χ1) is 12.7. The summed E-state index contributed by atoms with van der Waals surface area (Å²) in [5, 5.41) is -0.472. The van der Waals surface area contributed by atoms with Crippen LogP contribution in [0.5, 0.6) is 0 Å². The second kappa shape index (κ2) is 7.06. The van der Waals surface area contributed by atoms with Gasteiger partial charge in [0.15, 0.2) is 11.6 Å². The summed E-state index contributed by atoms with van der Waals surface area (Å²) < 4.78 is 67.6. The maximum Gasteiger partial charge on any atom is 0.296 e. The molecule has 0 heterocycles. The second-order valence-corrected chi connectivity index (χ2v) is 8.84. The fourth-order valence-electron chi connectivity index (χ4n) is 2.76. The van der Waals surface area contributed by atoms with Crippen molar-refractivity contribution in [2.24, 2.45) is 0 Å². The van der Waals surface area contributed by atoms with E-state index in [9.17, 15) is 35.5 Å². The molecule has 8 nitrogen and oxygen atoms in total. The average molecular weight is 424 g/mol. The zero-order valence-electron chi connectivity index (χ0n) is 14.9. The Morgan fingerprint density at radius 1 is 0.750 bits per heavy atom. The molecular weight excluding hydrogens is 408 g/mol. The van der Waals surface area contributed by atoms with Crippen molar-refractivity contribution in [3.63, 3.8) is 0 Å². The molecular formula is C18H16O8S2. The average Bonchev–Trinajstić information content (AvgIpc) is 2.56. The third kappa shape index (κ3) is 3.67. The Kier molecular flexibility index (Phi) is 5.46. The molecule has 0 unspecified atom stereocenters. The highest BCUT2D eigenvalue weighted by molar-refractivity contribution is 7.89. The summed E-state index contributed by atoms with van der Waals surface area (Å²) in [6, 6.07) is 5.17. The van der Waals surface area contributed by atoms with Gasteiger partial charge in [-0.15, -0.1) is 0 Å². The number of allylic oxidation sites excluding steroid dienone is 2. The largest absolute Gasteiger partial charge is 0.296 e. The molecule has 0 spiro atoms. The monoisotopic (exact) mass is 424 g/mol. The van der Waals surface area contributed by atoms with E-state index in [-0.39, 0.29) is 21.9 Å². The minimum absolute atomic E-state index is 0.0678. The number of fused-ring (bicyclic) bond motifs is 1. The first-order valence-electron chi connectivity index (χ1n) is 7.63. The fraction of sp³-hybridized carbons (Fsp3) is 0.111. The Morgan fingerprint density at radius 3 is 1.54 bits per heavy atom. The standard InChI is InChI=1S/C18H16O8S2/c1-9(2)15(19)13-11-7-5-6-8-12(11)17(27(21,22)23)18(28(24,25)26)14(13)16(20)10(3)4/h5-8H,1,3H2,2,4H3,(H,21,22,23)(H,24,25,26). The highest BCUT2D eigenvalue weighted by Crippen LogP contribution is 2.38. The second-order valence-electron chi connectivity index (χ2n) is 6.12. The van der Waals surface area contributed by atoms with E-state index in [1.807, 2.05) is 0 Å². The molecule has 0 bridgehead atoms. The molecule has 0 fully saturated rings. The summed E-state index contributed by atoms with van der Waals surface area (Å²) in [4.78, 5) is 22.9. The van der Waals surface area contributed by atoms with Gasteiger partial charge in [0.05, 0.1) is 5.56 Å². The van der Waals surface area contributed by atoms with Crippen LogP contribution in [0, 0.1) is 0 Å². The molecule has 0 atom stereocenters. The maximum atomic E-state index is 12.8. The van der Waals surface area contributed by atoms with Crippen molar-refractivity contribution in [3.05, 3.63) is 59.7 Å². The van der Waals surface area contributed by atoms with Gasteiger partial charge in [0.2, 0.25) is 0 Å². The van der Waals surface area contributed by atoms with Gasteiger partial charge >= 0.3 is 0 Å². The predicted octanol–water partition coefficient (Wildman–Crippen LogP) is 2.85. The lowest BCUT2D eigenvalue weighted by Gasteiger charge is -2.18. The smallest absolute Gasteiger partial charge is 0.289 e. The van der Waals surface area contributed by atoms with Crippen LogP contribution in [0.2, 0.25) is 0 Å². The van der Waals surface area contributed by atoms with Gasteiger partial charge in [-0.05, 0) is 30.4 Å².